The SMILES string of the molecule is COc1ccccc1N=Cc1cnn(C)c1C. The fraction of sp³-hybridized carbons (Fsp3) is 0.231. The number of aliphatic imine (C=N–C) groups is 1. The molecule has 1 heterocycles. The molecule has 2 aromatic rings. The van der Waals surface area contributed by atoms with E-state index in [1.165, 1.54) is 0 Å². The van der Waals surface area contributed by atoms with Gasteiger partial charge < -0.3 is 4.74 Å². The average molecular weight is 229 g/mol. The summed E-state index contributed by atoms with van der Waals surface area (Å²) in [5.41, 5.74) is 2.92. The van der Waals surface area contributed by atoms with Gasteiger partial charge in [0.2, 0.25) is 0 Å². The number of hydrogen-bond donors (Lipinski definition) is 0. The second kappa shape index (κ2) is 4.82. The van der Waals surface area contributed by atoms with Crippen molar-refractivity contribution >= 4 is 11.9 Å². The van der Waals surface area contributed by atoms with E-state index in [1.54, 1.807) is 19.5 Å². The van der Waals surface area contributed by atoms with Gasteiger partial charge in [0, 0.05) is 24.5 Å². The highest BCUT2D eigenvalue weighted by Crippen LogP contribution is 2.26. The number of nitrogens with zero attached hydrogens (tertiary/aromatic N) is 3. The minimum atomic E-state index is 0.769. The molecule has 17 heavy (non-hydrogen) atoms. The second-order valence-electron chi connectivity index (χ2n) is 3.74. The van der Waals surface area contributed by atoms with Crippen LogP contribution in [0.15, 0.2) is 35.5 Å². The maximum Gasteiger partial charge on any atom is 0.144 e. The van der Waals surface area contributed by atoms with E-state index in [9.17, 15) is 0 Å². The van der Waals surface area contributed by atoms with Gasteiger partial charge >= 0.3 is 0 Å². The Labute approximate surface area is 101 Å². The molecular weight excluding hydrogens is 214 g/mol. The Hall–Kier alpha value is -2.10. The van der Waals surface area contributed by atoms with Gasteiger partial charge in [-0.1, -0.05) is 12.1 Å². The maximum atomic E-state index is 5.23. The number of ether oxygens (including phenoxy) is 1. The van der Waals surface area contributed by atoms with Crippen molar-refractivity contribution in [3.63, 3.8) is 0 Å². The van der Waals surface area contributed by atoms with Crippen molar-refractivity contribution in [3.05, 3.63) is 41.7 Å². The van der Waals surface area contributed by atoms with Gasteiger partial charge in [-0.2, -0.15) is 5.10 Å². The van der Waals surface area contributed by atoms with Crippen LogP contribution in [-0.4, -0.2) is 23.1 Å². The summed E-state index contributed by atoms with van der Waals surface area (Å²) < 4.78 is 7.06. The third-order valence-corrected chi connectivity index (χ3v) is 2.70. The van der Waals surface area contributed by atoms with Crippen molar-refractivity contribution in [2.24, 2.45) is 12.0 Å². The molecule has 1 aromatic heterocycles. The topological polar surface area (TPSA) is 39.4 Å². The highest BCUT2D eigenvalue weighted by atomic mass is 16.5. The van der Waals surface area contributed by atoms with E-state index in [0.717, 1.165) is 22.7 Å². The molecule has 0 aliphatic heterocycles. The molecular formula is C13H15N3O. The number of aromatic nitrogens is 2. The lowest BCUT2D eigenvalue weighted by atomic mass is 10.2. The monoisotopic (exact) mass is 229 g/mol. The van der Waals surface area contributed by atoms with Crippen LogP contribution in [0.25, 0.3) is 0 Å². The lowest BCUT2D eigenvalue weighted by Gasteiger charge is -2.02. The first-order valence-electron chi connectivity index (χ1n) is 5.38. The zero-order chi connectivity index (χ0) is 12.3. The quantitative estimate of drug-likeness (QED) is 0.758. The van der Waals surface area contributed by atoms with Gasteiger partial charge in [-0.25, -0.2) is 0 Å². The zero-order valence-corrected chi connectivity index (χ0v) is 10.2. The van der Waals surface area contributed by atoms with E-state index >= 15 is 0 Å². The highest BCUT2D eigenvalue weighted by molar-refractivity contribution is 5.83. The van der Waals surface area contributed by atoms with E-state index in [4.69, 9.17) is 4.74 Å². The maximum absolute atomic E-state index is 5.23. The van der Waals surface area contributed by atoms with Crippen molar-refractivity contribution < 1.29 is 4.74 Å². The molecule has 1 aromatic carbocycles. The van der Waals surface area contributed by atoms with Crippen LogP contribution in [0.1, 0.15) is 11.3 Å². The first kappa shape index (κ1) is 11.4. The molecule has 4 heteroatoms. The molecule has 0 radical (unpaired) electrons. The molecule has 0 fully saturated rings. The molecule has 0 amide bonds. The van der Waals surface area contributed by atoms with Crippen LogP contribution >= 0.6 is 0 Å². The van der Waals surface area contributed by atoms with Crippen molar-refractivity contribution in [3.8, 4) is 5.75 Å². The summed E-state index contributed by atoms with van der Waals surface area (Å²) >= 11 is 0. The predicted molar refractivity (Wildman–Crippen MR) is 68.2 cm³/mol. The Morgan fingerprint density at radius 1 is 1.35 bits per heavy atom. The fourth-order valence-corrected chi connectivity index (χ4v) is 1.52. The summed E-state index contributed by atoms with van der Waals surface area (Å²) in [4.78, 5) is 4.42. The molecule has 0 aliphatic carbocycles. The predicted octanol–water partition coefficient (Wildman–Crippen LogP) is 2.49. The second-order valence-corrected chi connectivity index (χ2v) is 3.74. The normalized spacial score (nSPS) is 11.0. The molecule has 0 bridgehead atoms. The Kier molecular flexibility index (Phi) is 3.23. The lowest BCUT2D eigenvalue weighted by Crippen LogP contribution is -1.93. The molecule has 88 valence electrons. The van der Waals surface area contributed by atoms with Crippen molar-refractivity contribution in [1.82, 2.24) is 9.78 Å². The summed E-state index contributed by atoms with van der Waals surface area (Å²) in [6, 6.07) is 7.67. The van der Waals surface area contributed by atoms with Gasteiger partial charge in [0.05, 0.1) is 13.3 Å². The summed E-state index contributed by atoms with van der Waals surface area (Å²) in [7, 11) is 3.56. The number of aryl methyl sites for hydroxylation is 1. The average Bonchev–Trinajstić information content (AvgIpc) is 2.68. The van der Waals surface area contributed by atoms with Crippen LogP contribution in [0.4, 0.5) is 5.69 Å². The Balaban J connectivity index is 2.29. The van der Waals surface area contributed by atoms with Crippen molar-refractivity contribution in [1.29, 1.82) is 0 Å². The van der Waals surface area contributed by atoms with Crippen LogP contribution < -0.4 is 4.74 Å². The standard InChI is InChI=1S/C13H15N3O/c1-10-11(9-15-16(10)2)8-14-12-6-4-5-7-13(12)17-3/h4-9H,1-3H3. The zero-order valence-electron chi connectivity index (χ0n) is 10.2. The van der Waals surface area contributed by atoms with Crippen LogP contribution in [-0.2, 0) is 7.05 Å². The van der Waals surface area contributed by atoms with Crippen LogP contribution in [0.5, 0.6) is 5.75 Å². The Morgan fingerprint density at radius 2 is 2.12 bits per heavy atom. The summed E-state index contributed by atoms with van der Waals surface area (Å²) in [5.74, 6) is 0.769. The highest BCUT2D eigenvalue weighted by Gasteiger charge is 2.01. The molecule has 0 spiro atoms. The molecule has 4 nitrogen and oxygen atoms in total. The van der Waals surface area contributed by atoms with Gasteiger partial charge in [-0.3, -0.25) is 9.67 Å². The number of para-hydroxylation sites is 2. The molecule has 0 unspecified atom stereocenters. The molecule has 2 rings (SSSR count). The molecule has 0 saturated carbocycles. The van der Waals surface area contributed by atoms with Crippen LogP contribution in [0, 0.1) is 6.92 Å². The number of hydrogen-bond acceptors (Lipinski definition) is 3. The molecule has 0 atom stereocenters. The van der Waals surface area contributed by atoms with E-state index in [-0.39, 0.29) is 0 Å². The van der Waals surface area contributed by atoms with E-state index in [1.807, 2.05) is 42.9 Å². The van der Waals surface area contributed by atoms with Gasteiger partial charge in [0.25, 0.3) is 0 Å². The van der Waals surface area contributed by atoms with E-state index in [2.05, 4.69) is 10.1 Å². The number of methoxy groups -OCH3 is 1. The van der Waals surface area contributed by atoms with Gasteiger partial charge in [-0.15, -0.1) is 0 Å². The lowest BCUT2D eigenvalue weighted by molar-refractivity contribution is 0.416. The molecule has 0 saturated heterocycles. The van der Waals surface area contributed by atoms with Gasteiger partial charge in [0.15, 0.2) is 0 Å². The first-order chi connectivity index (χ1) is 8.22. The minimum absolute atomic E-state index is 0.769. The Bertz CT molecular complexity index is 543. The van der Waals surface area contributed by atoms with Crippen LogP contribution in [0.2, 0.25) is 0 Å². The summed E-state index contributed by atoms with van der Waals surface area (Å²) in [5, 5.41) is 4.17. The van der Waals surface area contributed by atoms with Gasteiger partial charge in [0.1, 0.15) is 11.4 Å². The Morgan fingerprint density at radius 3 is 2.76 bits per heavy atom. The minimum Gasteiger partial charge on any atom is -0.494 e. The summed E-state index contributed by atoms with van der Waals surface area (Å²) in [6.07, 6.45) is 3.61. The first-order valence-corrected chi connectivity index (χ1v) is 5.38. The largest absolute Gasteiger partial charge is 0.494 e. The third kappa shape index (κ3) is 2.36. The summed E-state index contributed by atoms with van der Waals surface area (Å²) in [6.45, 7) is 2.01. The number of benzene rings is 1. The van der Waals surface area contributed by atoms with E-state index in [0.29, 0.717) is 0 Å². The van der Waals surface area contributed by atoms with Crippen molar-refractivity contribution in [2.75, 3.05) is 7.11 Å². The fourth-order valence-electron chi connectivity index (χ4n) is 1.52. The van der Waals surface area contributed by atoms with E-state index < -0.39 is 0 Å². The van der Waals surface area contributed by atoms with Gasteiger partial charge in [-0.05, 0) is 19.1 Å². The molecule has 0 N–H and O–H groups in total. The van der Waals surface area contributed by atoms with Crippen molar-refractivity contribution in [2.45, 2.75) is 6.92 Å². The van der Waals surface area contributed by atoms with Crippen LogP contribution in [0.3, 0.4) is 0 Å². The molecule has 0 aliphatic rings. The smallest absolute Gasteiger partial charge is 0.144 e. The third-order valence-electron chi connectivity index (χ3n) is 2.70. The number of rotatable bonds is 3.